The molecule has 0 radical (unpaired) electrons. The molecule has 150 valence electrons. The minimum atomic E-state index is -4.57. The number of methoxy groups -OCH3 is 1. The summed E-state index contributed by atoms with van der Waals surface area (Å²) in [4.78, 5) is 20.5. The lowest BCUT2D eigenvalue weighted by Gasteiger charge is -2.29. The van der Waals surface area contributed by atoms with Crippen LogP contribution in [0.4, 0.5) is 13.2 Å². The number of carbonyl (C=O) groups is 1. The van der Waals surface area contributed by atoms with Gasteiger partial charge in [0.2, 0.25) is 0 Å². The van der Waals surface area contributed by atoms with Crippen molar-refractivity contribution in [2.75, 3.05) is 7.11 Å². The maximum absolute atomic E-state index is 13.1. The summed E-state index contributed by atoms with van der Waals surface area (Å²) in [6, 6.07) is 4.57. The van der Waals surface area contributed by atoms with Crippen molar-refractivity contribution >= 4 is 5.91 Å². The third-order valence-electron chi connectivity index (χ3n) is 4.59. The van der Waals surface area contributed by atoms with E-state index in [4.69, 9.17) is 9.47 Å². The Kier molecular flexibility index (Phi) is 6.01. The number of ether oxygens (including phenoxy) is 2. The summed E-state index contributed by atoms with van der Waals surface area (Å²) < 4.78 is 50.2. The van der Waals surface area contributed by atoms with Gasteiger partial charge in [-0.15, -0.1) is 0 Å². The van der Waals surface area contributed by atoms with Gasteiger partial charge in [-0.1, -0.05) is 12.1 Å². The van der Waals surface area contributed by atoms with Crippen LogP contribution in [0.3, 0.4) is 0 Å². The number of hydrogen-bond donors (Lipinski definition) is 1. The van der Waals surface area contributed by atoms with Gasteiger partial charge < -0.3 is 14.8 Å². The number of aromatic nitrogens is 2. The van der Waals surface area contributed by atoms with Crippen LogP contribution in [0.2, 0.25) is 0 Å². The van der Waals surface area contributed by atoms with Crippen molar-refractivity contribution in [2.24, 2.45) is 0 Å². The van der Waals surface area contributed by atoms with Gasteiger partial charge in [0.05, 0.1) is 18.2 Å². The highest BCUT2D eigenvalue weighted by molar-refractivity contribution is 5.96. The van der Waals surface area contributed by atoms with Crippen molar-refractivity contribution in [2.45, 2.75) is 44.0 Å². The van der Waals surface area contributed by atoms with Crippen LogP contribution in [-0.2, 0) is 6.18 Å². The molecule has 1 fully saturated rings. The zero-order valence-electron chi connectivity index (χ0n) is 15.2. The van der Waals surface area contributed by atoms with Crippen LogP contribution in [-0.4, -0.2) is 35.1 Å². The first kappa shape index (κ1) is 19.9. The Labute approximate surface area is 160 Å². The Morgan fingerprint density at radius 2 is 1.71 bits per heavy atom. The number of carbonyl (C=O) groups excluding carboxylic acids is 1. The largest absolute Gasteiger partial charge is 0.477 e. The van der Waals surface area contributed by atoms with Crippen LogP contribution >= 0.6 is 0 Å². The summed E-state index contributed by atoms with van der Waals surface area (Å²) in [7, 11) is 1.47. The second-order valence-corrected chi connectivity index (χ2v) is 6.48. The van der Waals surface area contributed by atoms with Crippen LogP contribution in [0.1, 0.15) is 41.6 Å². The van der Waals surface area contributed by atoms with Crippen LogP contribution in [0.5, 0.6) is 11.8 Å². The molecule has 0 atom stereocenters. The van der Waals surface area contributed by atoms with Crippen molar-refractivity contribution in [1.82, 2.24) is 15.3 Å². The highest BCUT2D eigenvalue weighted by Gasteiger charge is 2.35. The summed E-state index contributed by atoms with van der Waals surface area (Å²) >= 11 is 0. The third-order valence-corrected chi connectivity index (χ3v) is 4.59. The van der Waals surface area contributed by atoms with E-state index >= 15 is 0 Å². The molecule has 1 N–H and O–H groups in total. The molecule has 0 unspecified atom stereocenters. The van der Waals surface area contributed by atoms with E-state index in [2.05, 4.69) is 15.3 Å². The topological polar surface area (TPSA) is 73.3 Å². The molecule has 0 aliphatic heterocycles. The van der Waals surface area contributed by atoms with E-state index in [1.807, 2.05) is 0 Å². The fourth-order valence-corrected chi connectivity index (χ4v) is 3.21. The molecule has 1 aromatic heterocycles. The average molecular weight is 395 g/mol. The van der Waals surface area contributed by atoms with Gasteiger partial charge in [-0.25, -0.2) is 9.97 Å². The lowest BCUT2D eigenvalue weighted by atomic mass is 9.92. The molecule has 3 rings (SSSR count). The van der Waals surface area contributed by atoms with Crippen LogP contribution in [0.15, 0.2) is 36.7 Å². The predicted octanol–water partition coefficient (Wildman–Crippen LogP) is 3.62. The van der Waals surface area contributed by atoms with E-state index in [-0.39, 0.29) is 17.7 Å². The van der Waals surface area contributed by atoms with Crippen molar-refractivity contribution in [3.63, 3.8) is 0 Å². The predicted molar refractivity (Wildman–Crippen MR) is 94.2 cm³/mol. The first-order valence-electron chi connectivity index (χ1n) is 8.87. The summed E-state index contributed by atoms with van der Waals surface area (Å²) in [5, 5.41) is 2.71. The van der Waals surface area contributed by atoms with Gasteiger partial charge in [0.25, 0.3) is 17.7 Å². The molecule has 1 saturated carbocycles. The van der Waals surface area contributed by atoms with Crippen molar-refractivity contribution in [1.29, 1.82) is 0 Å². The van der Waals surface area contributed by atoms with Crippen molar-refractivity contribution < 1.29 is 27.4 Å². The van der Waals surface area contributed by atoms with Crippen molar-refractivity contribution in [3.05, 3.63) is 47.8 Å². The molecule has 1 heterocycles. The van der Waals surface area contributed by atoms with Gasteiger partial charge in [-0.3, -0.25) is 4.79 Å². The maximum Gasteiger partial charge on any atom is 0.417 e. The fourth-order valence-electron chi connectivity index (χ4n) is 3.21. The van der Waals surface area contributed by atoms with Gasteiger partial charge >= 0.3 is 6.18 Å². The maximum atomic E-state index is 13.1. The number of rotatable bonds is 5. The van der Waals surface area contributed by atoms with E-state index in [9.17, 15) is 18.0 Å². The zero-order chi connectivity index (χ0) is 20.1. The minimum absolute atomic E-state index is 0.124. The molecule has 0 saturated heterocycles. The second kappa shape index (κ2) is 8.45. The van der Waals surface area contributed by atoms with E-state index < -0.39 is 17.6 Å². The zero-order valence-corrected chi connectivity index (χ0v) is 15.2. The van der Waals surface area contributed by atoms with E-state index in [0.717, 1.165) is 6.07 Å². The van der Waals surface area contributed by atoms with Gasteiger partial charge in [0, 0.05) is 18.4 Å². The Balaban J connectivity index is 1.57. The Morgan fingerprint density at radius 3 is 2.36 bits per heavy atom. The van der Waals surface area contributed by atoms with Gasteiger partial charge in [-0.05, 0) is 37.8 Å². The Morgan fingerprint density at radius 1 is 1.07 bits per heavy atom. The number of benzene rings is 1. The second-order valence-electron chi connectivity index (χ2n) is 6.48. The number of amides is 1. The smallest absolute Gasteiger partial charge is 0.417 e. The molecule has 6 nitrogen and oxygen atoms in total. The molecule has 1 aliphatic rings. The molecule has 1 aromatic carbocycles. The molecule has 0 bridgehead atoms. The summed E-state index contributed by atoms with van der Waals surface area (Å²) in [6.45, 7) is 0. The third kappa shape index (κ3) is 4.71. The van der Waals surface area contributed by atoms with Crippen LogP contribution in [0.25, 0.3) is 0 Å². The van der Waals surface area contributed by atoms with Gasteiger partial charge in [-0.2, -0.15) is 13.2 Å². The fraction of sp³-hybridized carbons (Fsp3) is 0.421. The van der Waals surface area contributed by atoms with Gasteiger partial charge in [0.15, 0.2) is 0 Å². The first-order chi connectivity index (χ1) is 13.4. The number of hydrogen-bond acceptors (Lipinski definition) is 5. The molecular formula is C19H20F3N3O3. The highest BCUT2D eigenvalue weighted by Crippen LogP contribution is 2.32. The van der Waals surface area contributed by atoms with Crippen LogP contribution in [0, 0.1) is 0 Å². The Bertz CT molecular complexity index is 821. The average Bonchev–Trinajstić information content (AvgIpc) is 2.69. The lowest BCUT2D eigenvalue weighted by molar-refractivity contribution is -0.137. The molecule has 1 amide bonds. The summed E-state index contributed by atoms with van der Waals surface area (Å²) in [5.74, 6) is -0.119. The standard InChI is InChI=1S/C19H20F3N3O3/c1-27-17-18(24-11-10-23-17)28-13-8-6-12(7-9-13)25-16(26)14-4-2-3-5-15(14)19(20,21)22/h2-5,10-13H,6-9H2,1H3,(H,25,26). The number of nitrogens with one attached hydrogen (secondary N) is 1. The highest BCUT2D eigenvalue weighted by atomic mass is 19.4. The monoisotopic (exact) mass is 395 g/mol. The summed E-state index contributed by atoms with van der Waals surface area (Å²) in [5.41, 5.74) is -1.29. The number of halogens is 3. The van der Waals surface area contributed by atoms with E-state index in [1.165, 1.54) is 37.7 Å². The molecule has 9 heteroatoms. The quantitative estimate of drug-likeness (QED) is 0.837. The molecular weight excluding hydrogens is 375 g/mol. The first-order valence-corrected chi connectivity index (χ1v) is 8.87. The normalized spacial score (nSPS) is 19.7. The number of nitrogens with zero attached hydrogens (tertiary/aromatic N) is 2. The van der Waals surface area contributed by atoms with Crippen molar-refractivity contribution in [3.8, 4) is 11.8 Å². The van der Waals surface area contributed by atoms with E-state index in [1.54, 1.807) is 0 Å². The molecule has 2 aromatic rings. The molecule has 0 spiro atoms. The lowest BCUT2D eigenvalue weighted by Crippen LogP contribution is -2.40. The SMILES string of the molecule is COc1nccnc1OC1CCC(NC(=O)c2ccccc2C(F)(F)F)CC1. The van der Waals surface area contributed by atoms with Gasteiger partial charge in [0.1, 0.15) is 6.10 Å². The minimum Gasteiger partial charge on any atom is -0.477 e. The molecule has 28 heavy (non-hydrogen) atoms. The molecule has 1 aliphatic carbocycles. The van der Waals surface area contributed by atoms with Crippen LogP contribution < -0.4 is 14.8 Å². The number of alkyl halides is 3. The summed E-state index contributed by atoms with van der Waals surface area (Å²) in [6.07, 6.45) is 0.743. The van der Waals surface area contributed by atoms with E-state index in [0.29, 0.717) is 37.4 Å². The Hall–Kier alpha value is -2.84.